The van der Waals surface area contributed by atoms with Gasteiger partial charge in [0, 0.05) is 16.0 Å². The van der Waals surface area contributed by atoms with Crippen LogP contribution >= 0.6 is 22.9 Å². The lowest BCUT2D eigenvalue weighted by Gasteiger charge is -2.05. The van der Waals surface area contributed by atoms with Crippen molar-refractivity contribution in [3.05, 3.63) is 77.1 Å². The van der Waals surface area contributed by atoms with Crippen molar-refractivity contribution in [3.8, 4) is 22.6 Å². The summed E-state index contributed by atoms with van der Waals surface area (Å²) in [5.74, 6) is 0.854. The highest BCUT2D eigenvalue weighted by Gasteiger charge is 2.15. The average molecular weight is 362 g/mol. The van der Waals surface area contributed by atoms with Gasteiger partial charge in [0.15, 0.2) is 5.82 Å². The van der Waals surface area contributed by atoms with E-state index in [1.54, 1.807) is 11.3 Å². The molecule has 3 nitrogen and oxygen atoms in total. The van der Waals surface area contributed by atoms with Crippen molar-refractivity contribution in [1.29, 1.82) is 0 Å². The molecule has 0 aliphatic rings. The van der Waals surface area contributed by atoms with Crippen molar-refractivity contribution < 1.29 is 0 Å². The van der Waals surface area contributed by atoms with Gasteiger partial charge in [-0.15, -0.1) is 21.5 Å². The van der Waals surface area contributed by atoms with E-state index in [1.807, 2.05) is 24.3 Å². The number of rotatable bonds is 2. The zero-order valence-corrected chi connectivity index (χ0v) is 14.6. The third-order valence-corrected chi connectivity index (χ3v) is 5.37. The molecule has 3 aromatic carbocycles. The highest BCUT2D eigenvalue weighted by atomic mass is 35.5. The van der Waals surface area contributed by atoms with Gasteiger partial charge in [-0.3, -0.25) is 4.40 Å². The molecule has 0 bridgehead atoms. The van der Waals surface area contributed by atoms with Gasteiger partial charge in [-0.25, -0.2) is 0 Å². The predicted octanol–water partition coefficient (Wildman–Crippen LogP) is 5.93. The van der Waals surface area contributed by atoms with E-state index in [9.17, 15) is 0 Å². The zero-order chi connectivity index (χ0) is 16.8. The smallest absolute Gasteiger partial charge is 0.216 e. The molecule has 0 unspecified atom stereocenters. The fourth-order valence-electron chi connectivity index (χ4n) is 3.06. The Hall–Kier alpha value is -2.69. The van der Waals surface area contributed by atoms with E-state index < -0.39 is 0 Å². The molecule has 0 saturated carbocycles. The highest BCUT2D eigenvalue weighted by Crippen LogP contribution is 2.31. The van der Waals surface area contributed by atoms with Crippen molar-refractivity contribution in [3.63, 3.8) is 0 Å². The Labute approximate surface area is 153 Å². The minimum absolute atomic E-state index is 0.730. The van der Waals surface area contributed by atoms with Crippen molar-refractivity contribution in [2.24, 2.45) is 0 Å². The van der Waals surface area contributed by atoms with E-state index >= 15 is 0 Å². The van der Waals surface area contributed by atoms with Gasteiger partial charge in [-0.05, 0) is 34.5 Å². The Bertz CT molecular complexity index is 1200. The summed E-state index contributed by atoms with van der Waals surface area (Å²) in [7, 11) is 0. The number of hydrogen-bond donors (Lipinski definition) is 0. The molecule has 25 heavy (non-hydrogen) atoms. The SMILES string of the molecule is Clc1ccc(-c2csc3nnc(-c4ccc5ccccc5c4)n23)cc1. The van der Waals surface area contributed by atoms with Crippen LogP contribution in [0.4, 0.5) is 0 Å². The molecule has 0 fully saturated rings. The predicted molar refractivity (Wildman–Crippen MR) is 104 cm³/mol. The lowest BCUT2D eigenvalue weighted by Crippen LogP contribution is -1.91. The number of benzene rings is 3. The van der Waals surface area contributed by atoms with Crippen LogP contribution in [0.25, 0.3) is 38.4 Å². The molecule has 2 heterocycles. The summed E-state index contributed by atoms with van der Waals surface area (Å²) in [6.07, 6.45) is 0. The van der Waals surface area contributed by atoms with Gasteiger partial charge in [-0.2, -0.15) is 0 Å². The minimum Gasteiger partial charge on any atom is -0.265 e. The van der Waals surface area contributed by atoms with E-state index in [1.165, 1.54) is 10.8 Å². The van der Waals surface area contributed by atoms with E-state index in [4.69, 9.17) is 11.6 Å². The largest absolute Gasteiger partial charge is 0.265 e. The summed E-state index contributed by atoms with van der Waals surface area (Å²) in [5, 5.41) is 14.0. The molecule has 5 rings (SSSR count). The minimum atomic E-state index is 0.730. The second kappa shape index (κ2) is 5.69. The molecule has 0 aliphatic heterocycles. The molecule has 120 valence electrons. The molecule has 0 atom stereocenters. The lowest BCUT2D eigenvalue weighted by molar-refractivity contribution is 1.11. The van der Waals surface area contributed by atoms with Crippen LogP contribution in [0.5, 0.6) is 0 Å². The molecule has 0 amide bonds. The number of thiazole rings is 1. The van der Waals surface area contributed by atoms with Crippen molar-refractivity contribution in [2.45, 2.75) is 0 Å². The number of aromatic nitrogens is 3. The lowest BCUT2D eigenvalue weighted by atomic mass is 10.1. The molecular weight excluding hydrogens is 350 g/mol. The van der Waals surface area contributed by atoms with Crippen molar-refractivity contribution >= 4 is 38.7 Å². The fourth-order valence-corrected chi connectivity index (χ4v) is 4.02. The summed E-state index contributed by atoms with van der Waals surface area (Å²) >= 11 is 7.61. The standard InChI is InChI=1S/C20H12ClN3S/c21-17-9-7-14(8-10-17)18-12-25-20-23-22-19(24(18)20)16-6-5-13-3-1-2-4-15(13)11-16/h1-12H. The van der Waals surface area contributed by atoms with Crippen LogP contribution < -0.4 is 0 Å². The molecule has 0 saturated heterocycles. The molecule has 2 aromatic heterocycles. The first-order valence-electron chi connectivity index (χ1n) is 7.87. The first-order chi connectivity index (χ1) is 12.3. The topological polar surface area (TPSA) is 30.2 Å². The van der Waals surface area contributed by atoms with E-state index in [-0.39, 0.29) is 0 Å². The van der Waals surface area contributed by atoms with Crippen LogP contribution in [-0.2, 0) is 0 Å². The van der Waals surface area contributed by atoms with Crippen LogP contribution in [0, 0.1) is 0 Å². The first kappa shape index (κ1) is 14.6. The monoisotopic (exact) mass is 361 g/mol. The average Bonchev–Trinajstić information content (AvgIpc) is 3.24. The van der Waals surface area contributed by atoms with Crippen LogP contribution in [0.15, 0.2) is 72.1 Å². The summed E-state index contributed by atoms with van der Waals surface area (Å²) < 4.78 is 2.11. The molecule has 5 aromatic rings. The maximum absolute atomic E-state index is 6.02. The van der Waals surface area contributed by atoms with Gasteiger partial charge in [0.25, 0.3) is 0 Å². The normalized spacial score (nSPS) is 11.4. The highest BCUT2D eigenvalue weighted by molar-refractivity contribution is 7.15. The van der Waals surface area contributed by atoms with Crippen LogP contribution in [0.2, 0.25) is 5.02 Å². The van der Waals surface area contributed by atoms with Crippen molar-refractivity contribution in [2.75, 3.05) is 0 Å². The molecular formula is C20H12ClN3S. The maximum atomic E-state index is 6.02. The Morgan fingerprint density at radius 2 is 1.56 bits per heavy atom. The molecule has 5 heteroatoms. The number of nitrogens with zero attached hydrogens (tertiary/aromatic N) is 3. The third kappa shape index (κ3) is 2.42. The molecule has 0 N–H and O–H groups in total. The van der Waals surface area contributed by atoms with Gasteiger partial charge in [0.05, 0.1) is 5.69 Å². The van der Waals surface area contributed by atoms with Gasteiger partial charge >= 0.3 is 0 Å². The summed E-state index contributed by atoms with van der Waals surface area (Å²) in [4.78, 5) is 0.883. The fraction of sp³-hybridized carbons (Fsp3) is 0. The Kier molecular flexibility index (Phi) is 3.33. The quantitative estimate of drug-likeness (QED) is 0.390. The van der Waals surface area contributed by atoms with E-state index in [2.05, 4.69) is 62.4 Å². The van der Waals surface area contributed by atoms with Crippen LogP contribution in [0.3, 0.4) is 0 Å². The third-order valence-electron chi connectivity index (χ3n) is 4.30. The summed E-state index contributed by atoms with van der Waals surface area (Å²) in [5.41, 5.74) is 3.22. The summed E-state index contributed by atoms with van der Waals surface area (Å²) in [6, 6.07) is 22.6. The van der Waals surface area contributed by atoms with Crippen molar-refractivity contribution in [1.82, 2.24) is 14.6 Å². The molecule has 0 radical (unpaired) electrons. The number of fused-ring (bicyclic) bond motifs is 2. The Morgan fingerprint density at radius 1 is 0.800 bits per heavy atom. The number of halogens is 1. The van der Waals surface area contributed by atoms with Gasteiger partial charge in [0.2, 0.25) is 4.96 Å². The Balaban J connectivity index is 1.73. The van der Waals surface area contributed by atoms with E-state index in [0.717, 1.165) is 32.6 Å². The van der Waals surface area contributed by atoms with Gasteiger partial charge in [-0.1, -0.05) is 60.1 Å². The van der Waals surface area contributed by atoms with Crippen LogP contribution in [-0.4, -0.2) is 14.6 Å². The van der Waals surface area contributed by atoms with Gasteiger partial charge < -0.3 is 0 Å². The first-order valence-corrected chi connectivity index (χ1v) is 9.13. The van der Waals surface area contributed by atoms with E-state index in [0.29, 0.717) is 0 Å². The van der Waals surface area contributed by atoms with Crippen LogP contribution in [0.1, 0.15) is 0 Å². The zero-order valence-electron chi connectivity index (χ0n) is 13.1. The Morgan fingerprint density at radius 3 is 2.40 bits per heavy atom. The molecule has 0 aliphatic carbocycles. The second-order valence-corrected chi connectivity index (χ2v) is 7.10. The summed E-state index contributed by atoms with van der Waals surface area (Å²) in [6.45, 7) is 0. The number of hydrogen-bond acceptors (Lipinski definition) is 3. The van der Waals surface area contributed by atoms with Gasteiger partial charge in [0.1, 0.15) is 0 Å². The maximum Gasteiger partial charge on any atom is 0.216 e. The molecule has 0 spiro atoms. The second-order valence-electron chi connectivity index (χ2n) is 5.83.